The van der Waals surface area contributed by atoms with Crippen LogP contribution in [-0.4, -0.2) is 37.3 Å². The highest BCUT2D eigenvalue weighted by Gasteiger charge is 2.32. The molecule has 2 heterocycles. The molecule has 0 aliphatic carbocycles. The summed E-state index contributed by atoms with van der Waals surface area (Å²) in [6.07, 6.45) is 4.53. The fourth-order valence-electron chi connectivity index (χ4n) is 3.45. The number of aliphatic imine (C=N–C) groups is 1. The van der Waals surface area contributed by atoms with Crippen LogP contribution in [0, 0.1) is 6.92 Å². The van der Waals surface area contributed by atoms with E-state index in [0.29, 0.717) is 11.3 Å². The number of hydrogen-bond donors (Lipinski definition) is 0. The molecule has 0 saturated heterocycles. The molecule has 0 bridgehead atoms. The maximum absolute atomic E-state index is 13.1. The highest BCUT2D eigenvalue weighted by Crippen LogP contribution is 2.37. The van der Waals surface area contributed by atoms with E-state index in [0.717, 1.165) is 34.6 Å². The Kier molecular flexibility index (Phi) is 3.99. The molecule has 2 aromatic carbocycles. The van der Waals surface area contributed by atoms with E-state index in [1.165, 1.54) is 0 Å². The zero-order chi connectivity index (χ0) is 18.3. The summed E-state index contributed by atoms with van der Waals surface area (Å²) in [5.74, 6) is 1.53. The van der Waals surface area contributed by atoms with Crippen molar-refractivity contribution in [3.63, 3.8) is 0 Å². The van der Waals surface area contributed by atoms with Crippen LogP contribution in [0.15, 0.2) is 47.6 Å². The lowest BCUT2D eigenvalue weighted by molar-refractivity contribution is 0.0817. The molecule has 26 heavy (non-hydrogen) atoms. The van der Waals surface area contributed by atoms with Gasteiger partial charge in [0, 0.05) is 24.9 Å². The molecular weight excluding hydrogens is 328 g/mol. The molecule has 0 N–H and O–H groups in total. The van der Waals surface area contributed by atoms with E-state index in [1.807, 2.05) is 55.7 Å². The van der Waals surface area contributed by atoms with Gasteiger partial charge in [0.25, 0.3) is 5.91 Å². The van der Waals surface area contributed by atoms with Gasteiger partial charge in [-0.2, -0.15) is 0 Å². The molecule has 5 heteroatoms. The maximum atomic E-state index is 13.1. The van der Waals surface area contributed by atoms with Gasteiger partial charge in [-0.05, 0) is 41.8 Å². The zero-order valence-corrected chi connectivity index (χ0v) is 15.0. The molecule has 0 fully saturated rings. The van der Waals surface area contributed by atoms with E-state index in [-0.39, 0.29) is 11.9 Å². The number of ether oxygens (including phenoxy) is 2. The number of carbonyl (C=O) groups excluding carboxylic acids is 1. The van der Waals surface area contributed by atoms with Crippen LogP contribution in [0.5, 0.6) is 11.5 Å². The molecule has 132 valence electrons. The van der Waals surface area contributed by atoms with Gasteiger partial charge in [-0.3, -0.25) is 9.79 Å². The summed E-state index contributed by atoms with van der Waals surface area (Å²) in [5, 5.41) is 0. The minimum absolute atomic E-state index is 0.0308. The van der Waals surface area contributed by atoms with Gasteiger partial charge < -0.3 is 14.4 Å². The van der Waals surface area contributed by atoms with Crippen molar-refractivity contribution in [2.45, 2.75) is 19.4 Å². The van der Waals surface area contributed by atoms with Gasteiger partial charge in [-0.15, -0.1) is 0 Å². The van der Waals surface area contributed by atoms with Gasteiger partial charge in [0.2, 0.25) is 0 Å². The smallest absolute Gasteiger partial charge is 0.260 e. The van der Waals surface area contributed by atoms with E-state index in [9.17, 15) is 4.79 Å². The van der Waals surface area contributed by atoms with Crippen LogP contribution in [0.2, 0.25) is 0 Å². The molecular formula is C21H20N2O3. The molecule has 5 nitrogen and oxygen atoms in total. The summed E-state index contributed by atoms with van der Waals surface area (Å²) < 4.78 is 10.6. The first-order valence-corrected chi connectivity index (χ1v) is 8.51. The van der Waals surface area contributed by atoms with Crippen LogP contribution < -0.4 is 9.47 Å². The summed E-state index contributed by atoms with van der Waals surface area (Å²) in [6, 6.07) is 11.5. The monoisotopic (exact) mass is 348 g/mol. The van der Waals surface area contributed by atoms with E-state index in [4.69, 9.17) is 9.47 Å². The van der Waals surface area contributed by atoms with Crippen molar-refractivity contribution in [3.8, 4) is 11.5 Å². The number of carbonyl (C=O) groups is 1. The van der Waals surface area contributed by atoms with E-state index >= 15 is 0 Å². The molecule has 0 unspecified atom stereocenters. The summed E-state index contributed by atoms with van der Waals surface area (Å²) in [5.41, 5.74) is 4.39. The topological polar surface area (TPSA) is 51.1 Å². The first kappa shape index (κ1) is 16.4. The molecule has 0 spiro atoms. The van der Waals surface area contributed by atoms with Gasteiger partial charge >= 0.3 is 0 Å². The minimum atomic E-state index is -0.0710. The van der Waals surface area contributed by atoms with Crippen LogP contribution in [0.25, 0.3) is 5.57 Å². The zero-order valence-electron chi connectivity index (χ0n) is 15.0. The number of fused-ring (bicyclic) bond motifs is 2. The third-order valence-corrected chi connectivity index (χ3v) is 4.91. The van der Waals surface area contributed by atoms with Crippen molar-refractivity contribution in [2.24, 2.45) is 4.99 Å². The number of rotatable bonds is 3. The molecule has 2 aliphatic rings. The SMILES string of the molecule is COc1ccc(C2=CN3C(=O)c4cc(C)c(OC)cc4N=C[C@@H]3C2)cc1. The van der Waals surface area contributed by atoms with Gasteiger partial charge in [-0.25, -0.2) is 0 Å². The second-order valence-corrected chi connectivity index (χ2v) is 6.48. The molecule has 0 aromatic heterocycles. The molecule has 0 radical (unpaired) electrons. The van der Waals surface area contributed by atoms with Crippen LogP contribution in [0.3, 0.4) is 0 Å². The highest BCUT2D eigenvalue weighted by molar-refractivity contribution is 6.05. The van der Waals surface area contributed by atoms with Gasteiger partial charge in [0.05, 0.1) is 31.5 Å². The molecule has 2 aliphatic heterocycles. The Morgan fingerprint density at radius 2 is 1.88 bits per heavy atom. The number of nitrogens with zero attached hydrogens (tertiary/aromatic N) is 2. The normalized spacial score (nSPS) is 18.1. The lowest BCUT2D eigenvalue weighted by Gasteiger charge is -2.18. The standard InChI is InChI=1S/C21H20N2O3/c1-13-8-18-19(10-20(13)26-3)22-11-16-9-15(12-23(16)21(18)24)14-4-6-17(25-2)7-5-14/h4-8,10-12,16H,9H2,1-3H3/t16-/m0/s1. The highest BCUT2D eigenvalue weighted by atomic mass is 16.5. The number of amides is 1. The summed E-state index contributed by atoms with van der Waals surface area (Å²) in [6.45, 7) is 1.93. The quantitative estimate of drug-likeness (QED) is 0.843. The van der Waals surface area contributed by atoms with Crippen LogP contribution >= 0.6 is 0 Å². The Balaban J connectivity index is 1.69. The van der Waals surface area contributed by atoms with Crippen molar-refractivity contribution in [1.82, 2.24) is 4.90 Å². The van der Waals surface area contributed by atoms with E-state index < -0.39 is 0 Å². The Labute approximate surface area is 152 Å². The first-order valence-electron chi connectivity index (χ1n) is 8.51. The number of methoxy groups -OCH3 is 2. The summed E-state index contributed by atoms with van der Waals surface area (Å²) >= 11 is 0. The Morgan fingerprint density at radius 1 is 1.12 bits per heavy atom. The van der Waals surface area contributed by atoms with Gasteiger partial charge in [0.15, 0.2) is 0 Å². The second kappa shape index (κ2) is 6.33. The Bertz CT molecular complexity index is 929. The van der Waals surface area contributed by atoms with Crippen LogP contribution in [0.1, 0.15) is 27.9 Å². The third-order valence-electron chi connectivity index (χ3n) is 4.91. The molecule has 1 atom stereocenters. The predicted molar refractivity (Wildman–Crippen MR) is 101 cm³/mol. The largest absolute Gasteiger partial charge is 0.497 e. The summed E-state index contributed by atoms with van der Waals surface area (Å²) in [7, 11) is 3.27. The van der Waals surface area contributed by atoms with Crippen LogP contribution in [-0.2, 0) is 0 Å². The number of benzene rings is 2. The number of hydrogen-bond acceptors (Lipinski definition) is 4. The summed E-state index contributed by atoms with van der Waals surface area (Å²) in [4.78, 5) is 19.4. The van der Waals surface area contributed by atoms with Crippen molar-refractivity contribution >= 4 is 23.4 Å². The average molecular weight is 348 g/mol. The van der Waals surface area contributed by atoms with Crippen molar-refractivity contribution in [2.75, 3.05) is 14.2 Å². The fourth-order valence-corrected chi connectivity index (χ4v) is 3.45. The first-order chi connectivity index (χ1) is 12.6. The fraction of sp³-hybridized carbons (Fsp3) is 0.238. The molecule has 2 aromatic rings. The third kappa shape index (κ3) is 2.65. The Hall–Kier alpha value is -3.08. The molecule has 0 saturated carbocycles. The van der Waals surface area contributed by atoms with Crippen molar-refractivity contribution in [1.29, 1.82) is 0 Å². The van der Waals surface area contributed by atoms with Crippen molar-refractivity contribution in [3.05, 3.63) is 59.3 Å². The predicted octanol–water partition coefficient (Wildman–Crippen LogP) is 3.98. The average Bonchev–Trinajstić information content (AvgIpc) is 3.05. The lowest BCUT2D eigenvalue weighted by Crippen LogP contribution is -2.32. The molecule has 4 rings (SSSR count). The minimum Gasteiger partial charge on any atom is -0.497 e. The van der Waals surface area contributed by atoms with E-state index in [1.54, 1.807) is 19.1 Å². The Morgan fingerprint density at radius 3 is 2.58 bits per heavy atom. The maximum Gasteiger partial charge on any atom is 0.260 e. The number of aryl methyl sites for hydroxylation is 1. The lowest BCUT2D eigenvalue weighted by atomic mass is 10.0. The van der Waals surface area contributed by atoms with Crippen molar-refractivity contribution < 1.29 is 14.3 Å². The van der Waals surface area contributed by atoms with E-state index in [2.05, 4.69) is 4.99 Å². The molecule has 1 amide bonds. The van der Waals surface area contributed by atoms with Gasteiger partial charge in [-0.1, -0.05) is 12.1 Å². The van der Waals surface area contributed by atoms with Crippen LogP contribution in [0.4, 0.5) is 5.69 Å². The second-order valence-electron chi connectivity index (χ2n) is 6.48. The van der Waals surface area contributed by atoms with Gasteiger partial charge in [0.1, 0.15) is 11.5 Å².